The first-order valence-corrected chi connectivity index (χ1v) is 14.9. The van der Waals surface area contributed by atoms with Crippen molar-refractivity contribution in [2.24, 2.45) is 0 Å². The smallest absolute Gasteiger partial charge is 0.357 e. The van der Waals surface area contributed by atoms with Crippen LogP contribution in [0.15, 0.2) is 24.4 Å². The number of hydrogen-bond donors (Lipinski definition) is 4. The average molecular weight is 621 g/mol. The molecule has 0 aliphatic heterocycles. The summed E-state index contributed by atoms with van der Waals surface area (Å²) >= 11 is 7.33. The van der Waals surface area contributed by atoms with Crippen LogP contribution in [0.5, 0.6) is 0 Å². The van der Waals surface area contributed by atoms with Gasteiger partial charge in [0.1, 0.15) is 5.69 Å². The molecule has 0 aliphatic carbocycles. The minimum atomic E-state index is -4.68. The predicted octanol–water partition coefficient (Wildman–Crippen LogP) is 4.64. The van der Waals surface area contributed by atoms with Crippen LogP contribution in [-0.4, -0.2) is 67.2 Å². The maximum Gasteiger partial charge on any atom is 0.416 e. The molecule has 17 heteroatoms. The molecule has 0 aliphatic rings. The van der Waals surface area contributed by atoms with Crippen LogP contribution < -0.4 is 20.7 Å². The molecule has 2 amide bonds. The normalized spacial score (nSPS) is 12.0. The van der Waals surface area contributed by atoms with E-state index in [0.29, 0.717) is 28.8 Å². The van der Waals surface area contributed by atoms with Crippen LogP contribution in [0.2, 0.25) is 5.02 Å². The number of carbonyl (C=O) groups excluding carboxylic acids is 1. The van der Waals surface area contributed by atoms with Crippen molar-refractivity contribution in [2.45, 2.75) is 26.6 Å². The summed E-state index contributed by atoms with van der Waals surface area (Å²) in [5.41, 5.74) is -0.0307. The lowest BCUT2D eigenvalue weighted by molar-refractivity contribution is -0.138. The number of likely N-dealkylation sites (N-methyl/N-ethyl adjacent to an activating group) is 1. The highest BCUT2D eigenvalue weighted by Crippen LogP contribution is 2.36. The van der Waals surface area contributed by atoms with E-state index in [2.05, 4.69) is 35.6 Å². The SMILES string of the molecule is CCN(CCNS(C)(=O)=O)Cc1ccc(NC(=O)Nc2nc(C)c(-c3nc(NC)ncc3Cl)s2)cc1C(F)(F)F. The Morgan fingerprint density at radius 1 is 1.20 bits per heavy atom. The quantitative estimate of drug-likeness (QED) is 0.243. The van der Waals surface area contributed by atoms with Gasteiger partial charge in [0, 0.05) is 32.4 Å². The van der Waals surface area contributed by atoms with Gasteiger partial charge in [0.05, 0.1) is 33.6 Å². The second-order valence-electron chi connectivity index (χ2n) is 8.56. The molecule has 0 saturated carbocycles. The van der Waals surface area contributed by atoms with Gasteiger partial charge in [-0.15, -0.1) is 0 Å². The van der Waals surface area contributed by atoms with Crippen LogP contribution in [0.4, 0.5) is 34.7 Å². The first kappa shape index (κ1) is 31.5. The number of halogens is 4. The number of aryl methyl sites for hydroxylation is 1. The third-order valence-electron chi connectivity index (χ3n) is 5.51. The number of carbonyl (C=O) groups is 1. The number of nitrogens with one attached hydrogen (secondary N) is 4. The number of sulfonamides is 1. The standard InChI is InChI=1S/C23H28ClF3N8O3S2/c1-5-35(9-8-30-40(4,37)38)12-14-6-7-15(10-16(14)23(25,26)27)32-21(36)34-22-31-13(2)19(39-22)18-17(24)11-29-20(28-3)33-18/h6-7,10-11,30H,5,8-9,12H2,1-4H3,(H,28,29,33)(H2,31,32,34,36). The fourth-order valence-corrected chi connectivity index (χ4v) is 5.28. The largest absolute Gasteiger partial charge is 0.416 e. The molecule has 0 spiro atoms. The highest BCUT2D eigenvalue weighted by Gasteiger charge is 2.34. The van der Waals surface area contributed by atoms with E-state index in [4.69, 9.17) is 11.6 Å². The van der Waals surface area contributed by atoms with E-state index in [-0.39, 0.29) is 41.0 Å². The van der Waals surface area contributed by atoms with Crippen LogP contribution in [0.25, 0.3) is 10.6 Å². The number of benzene rings is 1. The van der Waals surface area contributed by atoms with Gasteiger partial charge in [0.25, 0.3) is 0 Å². The number of aromatic nitrogens is 3. The number of anilines is 3. The fraction of sp³-hybridized carbons (Fsp3) is 0.391. The monoisotopic (exact) mass is 620 g/mol. The maximum atomic E-state index is 13.9. The summed E-state index contributed by atoms with van der Waals surface area (Å²) in [6.45, 7) is 4.08. The van der Waals surface area contributed by atoms with Crippen molar-refractivity contribution in [3.05, 3.63) is 46.2 Å². The van der Waals surface area contributed by atoms with E-state index in [1.165, 1.54) is 18.3 Å². The summed E-state index contributed by atoms with van der Waals surface area (Å²) in [6.07, 6.45) is -2.24. The van der Waals surface area contributed by atoms with Crippen molar-refractivity contribution >= 4 is 55.8 Å². The lowest BCUT2D eigenvalue weighted by atomic mass is 10.1. The number of rotatable bonds is 11. The molecule has 218 valence electrons. The van der Waals surface area contributed by atoms with Crippen molar-refractivity contribution in [2.75, 3.05) is 48.9 Å². The Labute approximate surface area is 238 Å². The van der Waals surface area contributed by atoms with Gasteiger partial charge in [-0.25, -0.2) is 32.9 Å². The van der Waals surface area contributed by atoms with E-state index >= 15 is 0 Å². The van der Waals surface area contributed by atoms with Gasteiger partial charge < -0.3 is 10.6 Å². The lowest BCUT2D eigenvalue weighted by Gasteiger charge is -2.23. The van der Waals surface area contributed by atoms with Gasteiger partial charge in [-0.1, -0.05) is 35.9 Å². The number of urea groups is 1. The summed E-state index contributed by atoms with van der Waals surface area (Å²) in [4.78, 5) is 27.5. The van der Waals surface area contributed by atoms with E-state index in [1.54, 1.807) is 25.8 Å². The highest BCUT2D eigenvalue weighted by molar-refractivity contribution is 7.88. The second kappa shape index (κ2) is 13.1. The maximum absolute atomic E-state index is 13.9. The molecule has 40 heavy (non-hydrogen) atoms. The van der Waals surface area contributed by atoms with Crippen LogP contribution in [0.1, 0.15) is 23.7 Å². The predicted molar refractivity (Wildman–Crippen MR) is 150 cm³/mol. The molecular formula is C23H28ClF3N8O3S2. The summed E-state index contributed by atoms with van der Waals surface area (Å²) in [5.74, 6) is 0.344. The van der Waals surface area contributed by atoms with E-state index < -0.39 is 27.8 Å². The number of hydrogen-bond acceptors (Lipinski definition) is 9. The van der Waals surface area contributed by atoms with Crippen molar-refractivity contribution in [1.82, 2.24) is 24.6 Å². The molecule has 0 radical (unpaired) electrons. The molecule has 3 rings (SSSR count). The van der Waals surface area contributed by atoms with Crippen LogP contribution >= 0.6 is 22.9 Å². The topological polar surface area (TPSA) is 141 Å². The van der Waals surface area contributed by atoms with Gasteiger partial charge in [-0.05, 0) is 31.2 Å². The average Bonchev–Trinajstić information content (AvgIpc) is 3.22. The molecule has 3 aromatic rings. The van der Waals surface area contributed by atoms with Gasteiger partial charge in [0.2, 0.25) is 16.0 Å². The van der Waals surface area contributed by atoms with Crippen molar-refractivity contribution in [1.29, 1.82) is 0 Å². The zero-order chi connectivity index (χ0) is 29.7. The summed E-state index contributed by atoms with van der Waals surface area (Å²) < 4.78 is 66.6. The van der Waals surface area contributed by atoms with Gasteiger partial charge in [-0.2, -0.15) is 13.2 Å². The molecule has 0 saturated heterocycles. The lowest BCUT2D eigenvalue weighted by Crippen LogP contribution is -2.34. The Kier molecular flexibility index (Phi) is 10.3. The molecule has 0 bridgehead atoms. The van der Waals surface area contributed by atoms with Gasteiger partial charge in [-0.3, -0.25) is 10.2 Å². The third kappa shape index (κ3) is 8.72. The van der Waals surface area contributed by atoms with E-state index in [0.717, 1.165) is 23.7 Å². The first-order chi connectivity index (χ1) is 18.7. The number of nitrogens with zero attached hydrogens (tertiary/aromatic N) is 4. The highest BCUT2D eigenvalue weighted by atomic mass is 35.5. The zero-order valence-electron chi connectivity index (χ0n) is 22.0. The van der Waals surface area contributed by atoms with E-state index in [1.807, 2.05) is 0 Å². The molecule has 2 heterocycles. The summed E-state index contributed by atoms with van der Waals surface area (Å²) in [7, 11) is -1.76. The third-order valence-corrected chi connectivity index (χ3v) is 7.59. The molecule has 2 aromatic heterocycles. The Bertz CT molecular complexity index is 1470. The molecule has 0 fully saturated rings. The van der Waals surface area contributed by atoms with Gasteiger partial charge in [0.15, 0.2) is 5.13 Å². The number of thiazole rings is 1. The molecule has 0 unspecified atom stereocenters. The van der Waals surface area contributed by atoms with Crippen molar-refractivity contribution < 1.29 is 26.4 Å². The molecule has 0 atom stereocenters. The van der Waals surface area contributed by atoms with Crippen molar-refractivity contribution in [3.8, 4) is 10.6 Å². The van der Waals surface area contributed by atoms with Crippen LogP contribution in [0.3, 0.4) is 0 Å². The van der Waals surface area contributed by atoms with Crippen LogP contribution in [-0.2, 0) is 22.7 Å². The molecule has 1 aromatic carbocycles. The van der Waals surface area contributed by atoms with E-state index in [9.17, 15) is 26.4 Å². The Morgan fingerprint density at radius 2 is 1.93 bits per heavy atom. The summed E-state index contributed by atoms with van der Waals surface area (Å²) in [6, 6.07) is 2.72. The Morgan fingerprint density at radius 3 is 2.55 bits per heavy atom. The molecule has 4 N–H and O–H groups in total. The number of amides is 2. The molecular weight excluding hydrogens is 593 g/mol. The Hall–Kier alpha value is -3.05. The zero-order valence-corrected chi connectivity index (χ0v) is 24.4. The van der Waals surface area contributed by atoms with Crippen molar-refractivity contribution in [3.63, 3.8) is 0 Å². The first-order valence-electron chi connectivity index (χ1n) is 11.8. The summed E-state index contributed by atoms with van der Waals surface area (Å²) in [5, 5.41) is 8.23. The van der Waals surface area contributed by atoms with Gasteiger partial charge >= 0.3 is 12.2 Å². The fourth-order valence-electron chi connectivity index (χ4n) is 3.61. The van der Waals surface area contributed by atoms with Crippen LogP contribution in [0, 0.1) is 6.92 Å². The minimum absolute atomic E-state index is 0.0116. The second-order valence-corrected chi connectivity index (χ2v) is 11.8. The molecule has 11 nitrogen and oxygen atoms in total. The minimum Gasteiger partial charge on any atom is -0.357 e. The number of alkyl halides is 3. The Balaban J connectivity index is 1.74.